The maximum atomic E-state index is 12.1. The second-order valence-electron chi connectivity index (χ2n) is 6.22. The highest BCUT2D eigenvalue weighted by Gasteiger charge is 2.26. The predicted molar refractivity (Wildman–Crippen MR) is 92.9 cm³/mol. The average molecular weight is 331 g/mol. The Kier molecular flexibility index (Phi) is 5.30. The van der Waals surface area contributed by atoms with Gasteiger partial charge < -0.3 is 20.3 Å². The van der Waals surface area contributed by atoms with Crippen LogP contribution < -0.4 is 10.2 Å². The molecule has 7 nitrogen and oxygen atoms in total. The van der Waals surface area contributed by atoms with Crippen LogP contribution in [0.15, 0.2) is 12.5 Å². The van der Waals surface area contributed by atoms with Crippen LogP contribution in [0.4, 0.5) is 5.82 Å². The molecule has 1 aliphatic heterocycles. The molecule has 3 heterocycles. The molecule has 0 aliphatic carbocycles. The zero-order valence-electron chi connectivity index (χ0n) is 14.1. The number of piperidine rings is 1. The minimum Gasteiger partial charge on any atom is -0.396 e. The zero-order valence-corrected chi connectivity index (χ0v) is 14.1. The van der Waals surface area contributed by atoms with Crippen LogP contribution in [0.25, 0.3) is 11.0 Å². The van der Waals surface area contributed by atoms with E-state index in [1.54, 1.807) is 6.33 Å². The van der Waals surface area contributed by atoms with E-state index in [4.69, 9.17) is 5.11 Å². The van der Waals surface area contributed by atoms with Crippen molar-refractivity contribution in [3.8, 4) is 0 Å². The SMILES string of the molecule is CCc1c[nH]c2ncnc(N3CCC(C(=O)NCCCO)CC3)c12. The molecule has 0 saturated carbocycles. The van der Waals surface area contributed by atoms with Gasteiger partial charge in [-0.2, -0.15) is 0 Å². The quantitative estimate of drug-likeness (QED) is 0.692. The first-order valence-electron chi connectivity index (χ1n) is 8.69. The van der Waals surface area contributed by atoms with Crippen molar-refractivity contribution in [2.24, 2.45) is 5.92 Å². The van der Waals surface area contributed by atoms with Gasteiger partial charge in [0, 0.05) is 38.4 Å². The molecule has 3 N–H and O–H groups in total. The van der Waals surface area contributed by atoms with Gasteiger partial charge in [0.05, 0.1) is 5.39 Å². The fourth-order valence-electron chi connectivity index (χ4n) is 3.32. The number of rotatable bonds is 6. The molecule has 130 valence electrons. The standard InChI is InChI=1S/C17H25N5O2/c1-2-12-10-19-15-14(12)16(21-11-20-15)22-7-4-13(5-8-22)17(24)18-6-3-9-23/h10-11,13,23H,2-9H2,1H3,(H,18,24)(H,19,20,21). The van der Waals surface area contributed by atoms with E-state index in [9.17, 15) is 4.79 Å². The lowest BCUT2D eigenvalue weighted by Gasteiger charge is -2.32. The van der Waals surface area contributed by atoms with Gasteiger partial charge in [-0.25, -0.2) is 9.97 Å². The largest absolute Gasteiger partial charge is 0.396 e. The van der Waals surface area contributed by atoms with E-state index >= 15 is 0 Å². The predicted octanol–water partition coefficient (Wildman–Crippen LogP) is 1.24. The molecular formula is C17H25N5O2. The summed E-state index contributed by atoms with van der Waals surface area (Å²) in [7, 11) is 0. The van der Waals surface area contributed by atoms with Gasteiger partial charge in [0.2, 0.25) is 5.91 Å². The highest BCUT2D eigenvalue weighted by atomic mass is 16.3. The monoisotopic (exact) mass is 331 g/mol. The number of anilines is 1. The number of aromatic amines is 1. The highest BCUT2D eigenvalue weighted by molar-refractivity contribution is 5.91. The van der Waals surface area contributed by atoms with Gasteiger partial charge in [-0.1, -0.05) is 6.92 Å². The van der Waals surface area contributed by atoms with Crippen molar-refractivity contribution < 1.29 is 9.90 Å². The van der Waals surface area contributed by atoms with Crippen LogP contribution >= 0.6 is 0 Å². The number of nitrogens with zero attached hydrogens (tertiary/aromatic N) is 3. The first kappa shape index (κ1) is 16.7. The first-order valence-corrected chi connectivity index (χ1v) is 8.69. The van der Waals surface area contributed by atoms with Crippen molar-refractivity contribution in [1.29, 1.82) is 0 Å². The van der Waals surface area contributed by atoms with E-state index in [0.717, 1.165) is 49.2 Å². The summed E-state index contributed by atoms with van der Waals surface area (Å²) in [6.45, 7) is 4.42. The van der Waals surface area contributed by atoms with E-state index in [1.807, 2.05) is 6.20 Å². The van der Waals surface area contributed by atoms with E-state index < -0.39 is 0 Å². The molecule has 7 heteroatoms. The molecular weight excluding hydrogens is 306 g/mol. The first-order chi connectivity index (χ1) is 11.7. The third-order valence-corrected chi connectivity index (χ3v) is 4.71. The fraction of sp³-hybridized carbons (Fsp3) is 0.588. The van der Waals surface area contributed by atoms with Crippen molar-refractivity contribution in [2.45, 2.75) is 32.6 Å². The van der Waals surface area contributed by atoms with Gasteiger partial charge in [0.1, 0.15) is 17.8 Å². The number of fused-ring (bicyclic) bond motifs is 1. The molecule has 1 amide bonds. The molecule has 1 saturated heterocycles. The molecule has 0 radical (unpaired) electrons. The third kappa shape index (κ3) is 3.36. The summed E-state index contributed by atoms with van der Waals surface area (Å²) in [4.78, 5) is 26.4. The Hall–Kier alpha value is -2.15. The van der Waals surface area contributed by atoms with Gasteiger partial charge in [-0.3, -0.25) is 4.79 Å². The maximum absolute atomic E-state index is 12.1. The fourth-order valence-corrected chi connectivity index (χ4v) is 3.32. The summed E-state index contributed by atoms with van der Waals surface area (Å²) in [5.74, 6) is 1.12. The second kappa shape index (κ2) is 7.61. The molecule has 2 aromatic rings. The summed E-state index contributed by atoms with van der Waals surface area (Å²) in [5, 5.41) is 12.8. The molecule has 0 aromatic carbocycles. The van der Waals surface area contributed by atoms with E-state index in [1.165, 1.54) is 5.56 Å². The Bertz CT molecular complexity index is 691. The van der Waals surface area contributed by atoms with Gasteiger partial charge in [-0.15, -0.1) is 0 Å². The van der Waals surface area contributed by atoms with E-state index in [2.05, 4.69) is 32.1 Å². The number of nitrogens with one attached hydrogen (secondary N) is 2. The number of hydrogen-bond donors (Lipinski definition) is 3. The molecule has 1 aliphatic rings. The number of aliphatic hydroxyl groups is 1. The van der Waals surface area contributed by atoms with E-state index in [-0.39, 0.29) is 18.4 Å². The number of amides is 1. The molecule has 0 spiro atoms. The van der Waals surface area contributed by atoms with Crippen LogP contribution in [0, 0.1) is 5.92 Å². The minimum atomic E-state index is 0.0501. The summed E-state index contributed by atoms with van der Waals surface area (Å²) < 4.78 is 0. The lowest BCUT2D eigenvalue weighted by molar-refractivity contribution is -0.125. The maximum Gasteiger partial charge on any atom is 0.223 e. The van der Waals surface area contributed by atoms with Gasteiger partial charge in [0.15, 0.2) is 0 Å². The van der Waals surface area contributed by atoms with Crippen LogP contribution in [-0.2, 0) is 11.2 Å². The zero-order chi connectivity index (χ0) is 16.9. The summed E-state index contributed by atoms with van der Waals surface area (Å²) >= 11 is 0. The lowest BCUT2D eigenvalue weighted by Crippen LogP contribution is -2.41. The average Bonchev–Trinajstić information content (AvgIpc) is 3.05. The number of carbonyl (C=O) groups is 1. The summed E-state index contributed by atoms with van der Waals surface area (Å²) in [6, 6.07) is 0. The molecule has 0 bridgehead atoms. The molecule has 3 rings (SSSR count). The molecule has 0 unspecified atom stereocenters. The molecule has 24 heavy (non-hydrogen) atoms. The van der Waals surface area contributed by atoms with Crippen LogP contribution in [0.3, 0.4) is 0 Å². The number of H-pyrrole nitrogens is 1. The number of hydrogen-bond acceptors (Lipinski definition) is 5. The highest BCUT2D eigenvalue weighted by Crippen LogP contribution is 2.29. The smallest absolute Gasteiger partial charge is 0.223 e. The van der Waals surface area contributed by atoms with Crippen LogP contribution in [-0.4, -0.2) is 52.2 Å². The summed E-state index contributed by atoms with van der Waals surface area (Å²) in [6.07, 6.45) is 6.79. The Labute approximate surface area is 141 Å². The van der Waals surface area contributed by atoms with Crippen molar-refractivity contribution in [2.75, 3.05) is 31.1 Å². The topological polar surface area (TPSA) is 94.1 Å². The Balaban J connectivity index is 1.67. The van der Waals surface area contributed by atoms with Gasteiger partial charge >= 0.3 is 0 Å². The van der Waals surface area contributed by atoms with Crippen LogP contribution in [0.2, 0.25) is 0 Å². The van der Waals surface area contributed by atoms with Crippen molar-refractivity contribution in [1.82, 2.24) is 20.3 Å². The summed E-state index contributed by atoms with van der Waals surface area (Å²) in [5.41, 5.74) is 2.10. The van der Waals surface area contributed by atoms with Crippen LogP contribution in [0.5, 0.6) is 0 Å². The molecule has 1 fully saturated rings. The number of aliphatic hydroxyl groups excluding tert-OH is 1. The molecule has 0 atom stereocenters. The Morgan fingerprint density at radius 2 is 2.21 bits per heavy atom. The van der Waals surface area contributed by atoms with Crippen molar-refractivity contribution >= 4 is 22.8 Å². The van der Waals surface area contributed by atoms with Crippen molar-refractivity contribution in [3.05, 3.63) is 18.1 Å². The Morgan fingerprint density at radius 3 is 2.92 bits per heavy atom. The Morgan fingerprint density at radius 1 is 1.42 bits per heavy atom. The minimum absolute atomic E-state index is 0.0501. The molecule has 2 aromatic heterocycles. The number of carbonyl (C=O) groups excluding carboxylic acids is 1. The van der Waals surface area contributed by atoms with Crippen LogP contribution in [0.1, 0.15) is 31.7 Å². The van der Waals surface area contributed by atoms with E-state index in [0.29, 0.717) is 13.0 Å². The second-order valence-corrected chi connectivity index (χ2v) is 6.22. The third-order valence-electron chi connectivity index (χ3n) is 4.71. The van der Waals surface area contributed by atoms with Gasteiger partial charge in [-0.05, 0) is 31.2 Å². The van der Waals surface area contributed by atoms with Gasteiger partial charge in [0.25, 0.3) is 0 Å². The number of aromatic nitrogens is 3. The van der Waals surface area contributed by atoms with Crippen molar-refractivity contribution in [3.63, 3.8) is 0 Å². The number of aryl methyl sites for hydroxylation is 1. The normalized spacial score (nSPS) is 15.8. The lowest BCUT2D eigenvalue weighted by atomic mass is 9.95.